The molecule has 3 rings (SSSR count). The molecule has 0 radical (unpaired) electrons. The first-order valence-electron chi connectivity index (χ1n) is 7.64. The second-order valence-corrected chi connectivity index (χ2v) is 5.97. The largest absolute Gasteiger partial charge is 0.425 e. The first kappa shape index (κ1) is 15.3. The van der Waals surface area contributed by atoms with E-state index in [1.807, 2.05) is 51.1 Å². The molecule has 2 aromatic rings. The highest BCUT2D eigenvalue weighted by Gasteiger charge is 2.32. The maximum Gasteiger partial charge on any atom is 0.319 e. The van der Waals surface area contributed by atoms with Crippen LogP contribution in [0.2, 0.25) is 0 Å². The highest BCUT2D eigenvalue weighted by atomic mass is 16.5. The number of amides is 1. The summed E-state index contributed by atoms with van der Waals surface area (Å²) in [5.41, 5.74) is 4.42. The van der Waals surface area contributed by atoms with Crippen LogP contribution in [0.5, 0.6) is 5.75 Å². The van der Waals surface area contributed by atoms with Gasteiger partial charge in [-0.15, -0.1) is 0 Å². The van der Waals surface area contributed by atoms with E-state index in [1.54, 1.807) is 6.07 Å². The first-order chi connectivity index (χ1) is 11.0. The molecule has 23 heavy (non-hydrogen) atoms. The average Bonchev–Trinajstić information content (AvgIpc) is 2.54. The fourth-order valence-corrected chi connectivity index (χ4v) is 2.88. The van der Waals surface area contributed by atoms with Crippen LogP contribution in [-0.4, -0.2) is 11.9 Å². The summed E-state index contributed by atoms with van der Waals surface area (Å²) in [6.07, 6.45) is 0.111. The number of nitrogens with one attached hydrogen (secondary N) is 1. The van der Waals surface area contributed by atoms with Crippen molar-refractivity contribution in [1.29, 1.82) is 0 Å². The summed E-state index contributed by atoms with van der Waals surface area (Å²) in [5.74, 6) is -0.523. The van der Waals surface area contributed by atoms with Gasteiger partial charge in [0.2, 0.25) is 5.91 Å². The molecule has 0 aliphatic carbocycles. The van der Waals surface area contributed by atoms with E-state index < -0.39 is 5.92 Å². The number of carbonyl (C=O) groups is 2. The number of ether oxygens (including phenoxy) is 1. The minimum absolute atomic E-state index is 0.111. The normalized spacial score (nSPS) is 16.5. The summed E-state index contributed by atoms with van der Waals surface area (Å²) in [7, 11) is 0. The lowest BCUT2D eigenvalue weighted by atomic mass is 9.90. The van der Waals surface area contributed by atoms with Crippen molar-refractivity contribution in [3.05, 3.63) is 58.7 Å². The minimum atomic E-state index is -0.570. The van der Waals surface area contributed by atoms with Crippen LogP contribution < -0.4 is 10.1 Å². The van der Waals surface area contributed by atoms with Crippen molar-refractivity contribution in [2.45, 2.75) is 33.1 Å². The van der Waals surface area contributed by atoms with Gasteiger partial charge in [-0.2, -0.15) is 0 Å². The third kappa shape index (κ3) is 2.84. The third-order valence-corrected chi connectivity index (χ3v) is 4.36. The van der Waals surface area contributed by atoms with Crippen molar-refractivity contribution < 1.29 is 14.3 Å². The Hall–Kier alpha value is -2.62. The Labute approximate surface area is 135 Å². The van der Waals surface area contributed by atoms with Gasteiger partial charge in [0, 0.05) is 12.1 Å². The molecule has 1 atom stereocenters. The van der Waals surface area contributed by atoms with E-state index >= 15 is 0 Å². The van der Waals surface area contributed by atoms with Gasteiger partial charge in [-0.25, -0.2) is 0 Å². The highest BCUT2D eigenvalue weighted by Crippen LogP contribution is 2.34. The Morgan fingerprint density at radius 3 is 2.57 bits per heavy atom. The zero-order chi connectivity index (χ0) is 16.6. The molecule has 118 valence electrons. The maximum atomic E-state index is 12.7. The van der Waals surface area contributed by atoms with Crippen molar-refractivity contribution in [3.63, 3.8) is 0 Å². The van der Waals surface area contributed by atoms with E-state index in [0.29, 0.717) is 11.4 Å². The van der Waals surface area contributed by atoms with Crippen LogP contribution in [-0.2, 0) is 9.59 Å². The Kier molecular flexibility index (Phi) is 3.90. The van der Waals surface area contributed by atoms with Gasteiger partial charge in [-0.1, -0.05) is 30.3 Å². The molecule has 1 unspecified atom stereocenters. The summed E-state index contributed by atoms with van der Waals surface area (Å²) >= 11 is 0. The molecule has 1 amide bonds. The SMILES string of the molecule is Cc1ccc(C)c(OC(=O)C2CC(=O)Nc3ccccc32)c1C. The number of para-hydroxylation sites is 1. The minimum Gasteiger partial charge on any atom is -0.425 e. The molecule has 4 nitrogen and oxygen atoms in total. The van der Waals surface area contributed by atoms with Gasteiger partial charge in [0.15, 0.2) is 0 Å². The molecular weight excluding hydrogens is 290 g/mol. The number of esters is 1. The predicted molar refractivity (Wildman–Crippen MR) is 88.7 cm³/mol. The zero-order valence-corrected chi connectivity index (χ0v) is 13.5. The third-order valence-electron chi connectivity index (χ3n) is 4.36. The molecule has 1 N–H and O–H groups in total. The molecule has 4 heteroatoms. The molecule has 0 spiro atoms. The van der Waals surface area contributed by atoms with E-state index in [9.17, 15) is 9.59 Å². The molecule has 2 aromatic carbocycles. The molecule has 0 saturated carbocycles. The van der Waals surface area contributed by atoms with E-state index in [2.05, 4.69) is 5.32 Å². The summed E-state index contributed by atoms with van der Waals surface area (Å²) < 4.78 is 5.68. The van der Waals surface area contributed by atoms with Gasteiger partial charge in [-0.3, -0.25) is 9.59 Å². The van der Waals surface area contributed by atoms with E-state index in [4.69, 9.17) is 4.74 Å². The van der Waals surface area contributed by atoms with Crippen molar-refractivity contribution in [2.75, 3.05) is 5.32 Å². The van der Waals surface area contributed by atoms with E-state index in [1.165, 1.54) is 0 Å². The Morgan fingerprint density at radius 2 is 1.78 bits per heavy atom. The summed E-state index contributed by atoms with van der Waals surface area (Å²) in [6.45, 7) is 5.83. The van der Waals surface area contributed by atoms with Crippen molar-refractivity contribution in [2.24, 2.45) is 0 Å². The fourth-order valence-electron chi connectivity index (χ4n) is 2.88. The molecule has 0 bridgehead atoms. The second kappa shape index (κ2) is 5.88. The second-order valence-electron chi connectivity index (χ2n) is 5.97. The van der Waals surface area contributed by atoms with Crippen LogP contribution in [0, 0.1) is 20.8 Å². The molecule has 1 heterocycles. The van der Waals surface area contributed by atoms with Crippen LogP contribution in [0.4, 0.5) is 5.69 Å². The molecular formula is C19H19NO3. The number of fused-ring (bicyclic) bond motifs is 1. The molecule has 0 aromatic heterocycles. The van der Waals surface area contributed by atoms with Gasteiger partial charge in [-0.05, 0) is 49.1 Å². The van der Waals surface area contributed by atoms with Gasteiger partial charge in [0.25, 0.3) is 0 Å². The predicted octanol–water partition coefficient (Wildman–Crippen LogP) is 3.64. The quantitative estimate of drug-likeness (QED) is 0.680. The highest BCUT2D eigenvalue weighted by molar-refractivity contribution is 6.00. The maximum absolute atomic E-state index is 12.7. The summed E-state index contributed by atoms with van der Waals surface area (Å²) in [4.78, 5) is 24.6. The van der Waals surface area contributed by atoms with Crippen LogP contribution >= 0.6 is 0 Å². The van der Waals surface area contributed by atoms with E-state index in [0.717, 1.165) is 22.3 Å². The molecule has 1 aliphatic rings. The number of anilines is 1. The standard InChI is InChI=1S/C19H19NO3/c1-11-8-9-12(2)18(13(11)3)23-19(22)15-10-17(21)20-16-7-5-4-6-14(15)16/h4-9,15H,10H2,1-3H3,(H,20,21). The first-order valence-corrected chi connectivity index (χ1v) is 7.64. The Bertz CT molecular complexity index is 795. The van der Waals surface area contributed by atoms with E-state index in [-0.39, 0.29) is 18.3 Å². The summed E-state index contributed by atoms with van der Waals surface area (Å²) in [5, 5.41) is 2.79. The topological polar surface area (TPSA) is 55.4 Å². The van der Waals surface area contributed by atoms with Crippen LogP contribution in [0.15, 0.2) is 36.4 Å². The van der Waals surface area contributed by atoms with Crippen LogP contribution in [0.25, 0.3) is 0 Å². The van der Waals surface area contributed by atoms with Crippen molar-refractivity contribution >= 4 is 17.6 Å². The van der Waals surface area contributed by atoms with Gasteiger partial charge < -0.3 is 10.1 Å². The number of hydrogen-bond donors (Lipinski definition) is 1. The molecule has 0 fully saturated rings. The lowest BCUT2D eigenvalue weighted by molar-refractivity contribution is -0.138. The average molecular weight is 309 g/mol. The lowest BCUT2D eigenvalue weighted by Gasteiger charge is -2.24. The number of hydrogen-bond acceptors (Lipinski definition) is 3. The number of aryl methyl sites for hydroxylation is 2. The molecule has 1 aliphatic heterocycles. The molecule has 0 saturated heterocycles. The zero-order valence-electron chi connectivity index (χ0n) is 13.5. The smallest absolute Gasteiger partial charge is 0.319 e. The fraction of sp³-hybridized carbons (Fsp3) is 0.263. The summed E-state index contributed by atoms with van der Waals surface area (Å²) in [6, 6.07) is 11.3. The van der Waals surface area contributed by atoms with Gasteiger partial charge in [0.1, 0.15) is 5.75 Å². The Morgan fingerprint density at radius 1 is 1.09 bits per heavy atom. The lowest BCUT2D eigenvalue weighted by Crippen LogP contribution is -2.30. The van der Waals surface area contributed by atoms with Crippen LogP contribution in [0.1, 0.15) is 34.6 Å². The van der Waals surface area contributed by atoms with Gasteiger partial charge >= 0.3 is 5.97 Å². The van der Waals surface area contributed by atoms with Crippen molar-refractivity contribution in [1.82, 2.24) is 0 Å². The van der Waals surface area contributed by atoms with Crippen molar-refractivity contribution in [3.8, 4) is 5.75 Å². The monoisotopic (exact) mass is 309 g/mol. The van der Waals surface area contributed by atoms with Gasteiger partial charge in [0.05, 0.1) is 5.92 Å². The number of benzene rings is 2. The number of carbonyl (C=O) groups excluding carboxylic acids is 2. The Balaban J connectivity index is 1.93. The number of rotatable bonds is 2. The van der Waals surface area contributed by atoms with Crippen LogP contribution in [0.3, 0.4) is 0 Å².